The van der Waals surface area contributed by atoms with Crippen LogP contribution in [0.1, 0.15) is 35.6 Å². The van der Waals surface area contributed by atoms with Gasteiger partial charge in [-0.15, -0.1) is 0 Å². The Kier molecular flexibility index (Phi) is 5.21. The smallest absolute Gasteiger partial charge is 0.356 e. The van der Waals surface area contributed by atoms with Crippen molar-refractivity contribution in [2.45, 2.75) is 32.9 Å². The minimum Gasteiger partial charge on any atom is -0.461 e. The Balaban J connectivity index is 2.38. The average Bonchev–Trinajstić information content (AvgIpc) is 2.82. The first-order valence-corrected chi connectivity index (χ1v) is 7.99. The molecule has 1 aromatic heterocycles. The fourth-order valence-corrected chi connectivity index (χ4v) is 2.80. The van der Waals surface area contributed by atoms with E-state index in [1.54, 1.807) is 37.5 Å². The molecule has 0 saturated heterocycles. The summed E-state index contributed by atoms with van der Waals surface area (Å²) in [6, 6.07) is 4.61. The third-order valence-corrected chi connectivity index (χ3v) is 4.03. The fraction of sp³-hybridized carbons (Fsp3) is 0.375. The summed E-state index contributed by atoms with van der Waals surface area (Å²) in [4.78, 5) is 16.2. The molecule has 1 aromatic carbocycles. The number of hydrogen-bond acceptors (Lipinski definition) is 4. The summed E-state index contributed by atoms with van der Waals surface area (Å²) < 4.78 is 21.5. The molecule has 1 heterocycles. The van der Waals surface area contributed by atoms with E-state index in [0.717, 1.165) is 4.47 Å². The first-order valence-electron chi connectivity index (χ1n) is 7.19. The number of carbonyl (C=O) groups excluding carboxylic acids is 1. The molecule has 0 saturated carbocycles. The molecule has 0 fully saturated rings. The van der Waals surface area contributed by atoms with Crippen LogP contribution in [0.15, 0.2) is 29.0 Å². The van der Waals surface area contributed by atoms with Crippen molar-refractivity contribution in [1.82, 2.24) is 9.55 Å². The van der Waals surface area contributed by atoms with Crippen LogP contribution >= 0.6 is 15.9 Å². The van der Waals surface area contributed by atoms with E-state index in [0.29, 0.717) is 17.0 Å². The maximum absolute atomic E-state index is 14.1. The van der Waals surface area contributed by atoms with Gasteiger partial charge in [-0.3, -0.25) is 0 Å². The molecule has 0 aliphatic heterocycles. The van der Waals surface area contributed by atoms with Crippen molar-refractivity contribution >= 4 is 21.9 Å². The van der Waals surface area contributed by atoms with Crippen molar-refractivity contribution in [3.63, 3.8) is 0 Å². The monoisotopic (exact) mass is 383 g/mol. The number of rotatable bonds is 5. The van der Waals surface area contributed by atoms with Crippen LogP contribution in [0, 0.1) is 12.7 Å². The van der Waals surface area contributed by atoms with Gasteiger partial charge >= 0.3 is 5.97 Å². The van der Waals surface area contributed by atoms with Crippen LogP contribution < -0.4 is 5.73 Å². The summed E-state index contributed by atoms with van der Waals surface area (Å²) in [7, 11) is 0. The lowest BCUT2D eigenvalue weighted by Gasteiger charge is -2.27. The van der Waals surface area contributed by atoms with Crippen molar-refractivity contribution in [2.75, 3.05) is 6.61 Å². The topological polar surface area (TPSA) is 70.1 Å². The van der Waals surface area contributed by atoms with Gasteiger partial charge in [0, 0.05) is 16.6 Å². The number of esters is 1. The predicted octanol–water partition coefficient (Wildman–Crippen LogP) is 3.14. The second kappa shape index (κ2) is 6.80. The highest BCUT2D eigenvalue weighted by atomic mass is 79.9. The van der Waals surface area contributed by atoms with Crippen LogP contribution in [-0.2, 0) is 16.8 Å². The standard InChI is InChI=1S/C16H19BrFN3O2/c1-4-23-15(22)14-10(2)20-9-21(14)8-16(3,19)12-7-11(17)5-6-13(12)18/h5-7,9H,4,8,19H2,1-3H3. The van der Waals surface area contributed by atoms with E-state index in [2.05, 4.69) is 20.9 Å². The van der Waals surface area contributed by atoms with E-state index in [1.165, 1.54) is 12.4 Å². The van der Waals surface area contributed by atoms with Gasteiger partial charge in [0.2, 0.25) is 0 Å². The number of carbonyl (C=O) groups is 1. The van der Waals surface area contributed by atoms with Crippen molar-refractivity contribution in [1.29, 1.82) is 0 Å². The van der Waals surface area contributed by atoms with Gasteiger partial charge in [-0.25, -0.2) is 14.2 Å². The molecule has 23 heavy (non-hydrogen) atoms. The lowest BCUT2D eigenvalue weighted by molar-refractivity contribution is 0.0511. The molecule has 0 spiro atoms. The molecule has 0 amide bonds. The first-order chi connectivity index (χ1) is 10.8. The van der Waals surface area contributed by atoms with Gasteiger partial charge in [0.1, 0.15) is 11.5 Å². The van der Waals surface area contributed by atoms with Gasteiger partial charge in [-0.1, -0.05) is 15.9 Å². The molecule has 0 aliphatic carbocycles. The van der Waals surface area contributed by atoms with E-state index in [-0.39, 0.29) is 13.2 Å². The van der Waals surface area contributed by atoms with Crippen LogP contribution in [-0.4, -0.2) is 22.1 Å². The molecule has 5 nitrogen and oxygen atoms in total. The third kappa shape index (κ3) is 3.79. The van der Waals surface area contributed by atoms with Crippen LogP contribution in [0.2, 0.25) is 0 Å². The molecular weight excluding hydrogens is 365 g/mol. The van der Waals surface area contributed by atoms with Gasteiger partial charge < -0.3 is 15.0 Å². The number of halogens is 2. The van der Waals surface area contributed by atoms with Crippen molar-refractivity contribution in [2.24, 2.45) is 5.73 Å². The van der Waals surface area contributed by atoms with Crippen LogP contribution in [0.3, 0.4) is 0 Å². The SMILES string of the molecule is CCOC(=O)c1c(C)ncn1CC(C)(N)c1cc(Br)ccc1F. The Labute approximate surface area is 142 Å². The molecule has 0 bridgehead atoms. The van der Waals surface area contributed by atoms with Crippen LogP contribution in [0.25, 0.3) is 0 Å². The normalized spacial score (nSPS) is 13.7. The Bertz CT molecular complexity index is 728. The molecular formula is C16H19BrFN3O2. The van der Waals surface area contributed by atoms with Gasteiger partial charge in [-0.05, 0) is 39.0 Å². The second-order valence-electron chi connectivity index (χ2n) is 5.57. The predicted molar refractivity (Wildman–Crippen MR) is 88.6 cm³/mol. The quantitative estimate of drug-likeness (QED) is 0.805. The van der Waals surface area contributed by atoms with Gasteiger partial charge in [0.15, 0.2) is 0 Å². The number of nitrogens with zero attached hydrogens (tertiary/aromatic N) is 2. The number of benzene rings is 1. The van der Waals surface area contributed by atoms with Crippen LogP contribution in [0.4, 0.5) is 4.39 Å². The minimum atomic E-state index is -1.03. The summed E-state index contributed by atoms with van der Waals surface area (Å²) in [5.74, 6) is -0.860. The second-order valence-corrected chi connectivity index (χ2v) is 6.48. The van der Waals surface area contributed by atoms with Crippen molar-refractivity contribution in [3.05, 3.63) is 51.8 Å². The van der Waals surface area contributed by atoms with Crippen molar-refractivity contribution < 1.29 is 13.9 Å². The summed E-state index contributed by atoms with van der Waals surface area (Å²) >= 11 is 3.32. The molecule has 2 N–H and O–H groups in total. The number of nitrogens with two attached hydrogens (primary N) is 1. The van der Waals surface area contributed by atoms with Crippen molar-refractivity contribution in [3.8, 4) is 0 Å². The van der Waals surface area contributed by atoms with Gasteiger partial charge in [-0.2, -0.15) is 0 Å². The zero-order valence-corrected chi connectivity index (χ0v) is 14.9. The highest BCUT2D eigenvalue weighted by Gasteiger charge is 2.28. The Morgan fingerprint density at radius 1 is 1.52 bits per heavy atom. The third-order valence-electron chi connectivity index (χ3n) is 3.53. The number of aromatic nitrogens is 2. The van der Waals surface area contributed by atoms with Gasteiger partial charge in [0.25, 0.3) is 0 Å². The number of hydrogen-bond donors (Lipinski definition) is 1. The van der Waals surface area contributed by atoms with E-state index in [1.807, 2.05) is 0 Å². The average molecular weight is 384 g/mol. The zero-order valence-electron chi connectivity index (χ0n) is 13.3. The molecule has 124 valence electrons. The number of imidazole rings is 1. The maximum Gasteiger partial charge on any atom is 0.356 e. The molecule has 1 atom stereocenters. The molecule has 1 unspecified atom stereocenters. The fourth-order valence-electron chi connectivity index (χ4n) is 2.44. The summed E-state index contributed by atoms with van der Waals surface area (Å²) in [5.41, 5.74) is 6.54. The highest BCUT2D eigenvalue weighted by molar-refractivity contribution is 9.10. The summed E-state index contributed by atoms with van der Waals surface area (Å²) in [6.45, 7) is 5.62. The minimum absolute atomic E-state index is 0.190. The van der Waals surface area contributed by atoms with E-state index >= 15 is 0 Å². The first kappa shape index (κ1) is 17.6. The molecule has 0 radical (unpaired) electrons. The van der Waals surface area contributed by atoms with Gasteiger partial charge in [0.05, 0.1) is 24.2 Å². The van der Waals surface area contributed by atoms with E-state index in [4.69, 9.17) is 10.5 Å². The summed E-state index contributed by atoms with van der Waals surface area (Å²) in [6.07, 6.45) is 1.52. The highest BCUT2D eigenvalue weighted by Crippen LogP contribution is 2.27. The Morgan fingerprint density at radius 3 is 2.87 bits per heavy atom. The lowest BCUT2D eigenvalue weighted by Crippen LogP contribution is -2.39. The maximum atomic E-state index is 14.1. The molecule has 2 rings (SSSR count). The van der Waals surface area contributed by atoms with Crippen LogP contribution in [0.5, 0.6) is 0 Å². The van der Waals surface area contributed by atoms with E-state index < -0.39 is 17.3 Å². The number of ether oxygens (including phenoxy) is 1. The molecule has 7 heteroatoms. The molecule has 0 aliphatic rings. The van der Waals surface area contributed by atoms with E-state index in [9.17, 15) is 9.18 Å². The number of aryl methyl sites for hydroxylation is 1. The Hall–Kier alpha value is -1.73. The molecule has 2 aromatic rings. The lowest BCUT2D eigenvalue weighted by atomic mass is 9.92. The largest absolute Gasteiger partial charge is 0.461 e. The Morgan fingerprint density at radius 2 is 2.22 bits per heavy atom. The summed E-state index contributed by atoms with van der Waals surface area (Å²) in [5, 5.41) is 0. The zero-order chi connectivity index (χ0) is 17.2.